The summed E-state index contributed by atoms with van der Waals surface area (Å²) in [5.74, 6) is 0.603. The minimum absolute atomic E-state index is 0.603. The molecule has 12 aromatic rings. The minimum Gasteiger partial charge on any atom is -0.456 e. The first-order chi connectivity index (χ1) is 27.7. The van der Waals surface area contributed by atoms with Gasteiger partial charge in [-0.1, -0.05) is 97.1 Å². The zero-order chi connectivity index (χ0) is 36.7. The van der Waals surface area contributed by atoms with Gasteiger partial charge in [0.15, 0.2) is 5.58 Å². The van der Waals surface area contributed by atoms with Crippen LogP contribution in [0.5, 0.6) is 0 Å². The molecule has 3 heterocycles. The fraction of sp³-hybridized carbons (Fsp3) is 0. The second-order valence-electron chi connectivity index (χ2n) is 14.3. The maximum atomic E-state index is 6.70. The van der Waals surface area contributed by atoms with Crippen molar-refractivity contribution in [2.45, 2.75) is 0 Å². The highest BCUT2D eigenvalue weighted by Gasteiger charge is 2.21. The molecule has 0 fully saturated rings. The molecule has 0 aliphatic carbocycles. The zero-order valence-corrected chi connectivity index (χ0v) is 29.9. The van der Waals surface area contributed by atoms with Crippen LogP contribution in [-0.2, 0) is 0 Å². The molecule has 0 saturated carbocycles. The summed E-state index contributed by atoms with van der Waals surface area (Å²) in [6.45, 7) is 0. The molecule has 0 radical (unpaired) electrons. The van der Waals surface area contributed by atoms with Crippen LogP contribution in [0.3, 0.4) is 0 Å². The molecule has 0 atom stereocenters. The minimum atomic E-state index is 0.603. The van der Waals surface area contributed by atoms with Crippen LogP contribution in [0.1, 0.15) is 0 Å². The maximum Gasteiger partial charge on any atom is 0.227 e. The third-order valence-electron chi connectivity index (χ3n) is 11.1. The number of hydrogen-bond acceptors (Lipinski definition) is 5. The molecule has 0 saturated heterocycles. The van der Waals surface area contributed by atoms with Gasteiger partial charge in [0, 0.05) is 55.6 Å². The van der Waals surface area contributed by atoms with Gasteiger partial charge in [0.05, 0.1) is 0 Å². The predicted octanol–water partition coefficient (Wildman–Crippen LogP) is 14.7. The third kappa shape index (κ3) is 4.71. The van der Waals surface area contributed by atoms with E-state index < -0.39 is 0 Å². The molecule has 0 aliphatic heterocycles. The largest absolute Gasteiger partial charge is 0.456 e. The van der Waals surface area contributed by atoms with Crippen molar-refractivity contribution in [3.05, 3.63) is 182 Å². The van der Waals surface area contributed by atoms with E-state index in [2.05, 4.69) is 132 Å². The monoisotopic (exact) mass is 718 g/mol. The first-order valence-corrected chi connectivity index (χ1v) is 18.8. The van der Waals surface area contributed by atoms with E-state index in [9.17, 15) is 0 Å². The van der Waals surface area contributed by atoms with Crippen LogP contribution >= 0.6 is 0 Å². The highest BCUT2D eigenvalue weighted by atomic mass is 16.3. The Labute approximate surface area is 320 Å². The summed E-state index contributed by atoms with van der Waals surface area (Å²) in [5, 5.41) is 8.63. The van der Waals surface area contributed by atoms with Crippen molar-refractivity contribution in [3.63, 3.8) is 0 Å². The van der Waals surface area contributed by atoms with E-state index in [0.29, 0.717) is 5.89 Å². The van der Waals surface area contributed by atoms with Gasteiger partial charge in [-0.05, 0) is 106 Å². The maximum absolute atomic E-state index is 6.70. The van der Waals surface area contributed by atoms with E-state index in [4.69, 9.17) is 18.2 Å². The summed E-state index contributed by atoms with van der Waals surface area (Å²) in [4.78, 5) is 7.28. The van der Waals surface area contributed by atoms with Gasteiger partial charge in [-0.2, -0.15) is 0 Å². The molecule has 56 heavy (non-hydrogen) atoms. The van der Waals surface area contributed by atoms with E-state index in [1.165, 1.54) is 0 Å². The second-order valence-corrected chi connectivity index (χ2v) is 14.3. The van der Waals surface area contributed by atoms with Crippen molar-refractivity contribution < 1.29 is 13.3 Å². The number of benzene rings is 9. The smallest absolute Gasteiger partial charge is 0.227 e. The van der Waals surface area contributed by atoms with Crippen LogP contribution in [0.25, 0.3) is 99.1 Å². The van der Waals surface area contributed by atoms with Gasteiger partial charge in [0.2, 0.25) is 5.89 Å². The van der Waals surface area contributed by atoms with Crippen LogP contribution in [0.2, 0.25) is 0 Å². The molecular formula is C51H30N2O3. The van der Waals surface area contributed by atoms with Gasteiger partial charge in [-0.25, -0.2) is 4.98 Å². The lowest BCUT2D eigenvalue weighted by Gasteiger charge is -2.26. The molecule has 0 N–H and O–H groups in total. The Morgan fingerprint density at radius 1 is 0.375 bits per heavy atom. The first kappa shape index (κ1) is 30.8. The Balaban J connectivity index is 1.15. The zero-order valence-electron chi connectivity index (χ0n) is 29.9. The summed E-state index contributed by atoms with van der Waals surface area (Å²) >= 11 is 0. The van der Waals surface area contributed by atoms with Crippen LogP contribution in [-0.4, -0.2) is 4.98 Å². The normalized spacial score (nSPS) is 11.9. The average molecular weight is 719 g/mol. The van der Waals surface area contributed by atoms with Crippen LogP contribution in [0.15, 0.2) is 195 Å². The molecule has 5 heteroatoms. The SMILES string of the molecule is c1ccc(-c2nc3ccc4cc(-c5ccccc5)c5ccc(N(c6ccc7c(c6)oc6ccccc67)c6ccc7oc8ccccc8c7c6)cc5c4c3o2)cc1. The summed E-state index contributed by atoms with van der Waals surface area (Å²) in [5.41, 5.74) is 11.2. The molecule has 0 spiro atoms. The number of oxazole rings is 1. The van der Waals surface area contributed by atoms with Crippen LogP contribution in [0.4, 0.5) is 17.1 Å². The number of para-hydroxylation sites is 2. The molecule has 0 aliphatic rings. The molecule has 0 amide bonds. The highest BCUT2D eigenvalue weighted by Crippen LogP contribution is 2.45. The van der Waals surface area contributed by atoms with Crippen molar-refractivity contribution in [1.29, 1.82) is 0 Å². The van der Waals surface area contributed by atoms with Crippen molar-refractivity contribution >= 4 is 93.6 Å². The Hall–Kier alpha value is -7.63. The molecular weight excluding hydrogens is 689 g/mol. The quantitative estimate of drug-likeness (QED) is 0.166. The van der Waals surface area contributed by atoms with E-state index in [1.807, 2.05) is 54.6 Å². The van der Waals surface area contributed by atoms with Gasteiger partial charge in [0.25, 0.3) is 0 Å². The number of rotatable bonds is 5. The molecule has 9 aromatic carbocycles. The topological polar surface area (TPSA) is 55.6 Å². The number of anilines is 3. The number of nitrogens with zero attached hydrogens (tertiary/aromatic N) is 2. The van der Waals surface area contributed by atoms with Gasteiger partial charge >= 0.3 is 0 Å². The van der Waals surface area contributed by atoms with E-state index in [1.54, 1.807) is 0 Å². The summed E-state index contributed by atoms with van der Waals surface area (Å²) in [7, 11) is 0. The van der Waals surface area contributed by atoms with Crippen molar-refractivity contribution in [2.24, 2.45) is 0 Å². The van der Waals surface area contributed by atoms with Gasteiger partial charge in [-0.3, -0.25) is 0 Å². The second kappa shape index (κ2) is 11.9. The molecule has 12 rings (SSSR count). The van der Waals surface area contributed by atoms with Gasteiger partial charge in [-0.15, -0.1) is 0 Å². The summed E-state index contributed by atoms with van der Waals surface area (Å²) < 4.78 is 19.4. The lowest BCUT2D eigenvalue weighted by molar-refractivity contribution is 0.623. The first-order valence-electron chi connectivity index (χ1n) is 18.8. The average Bonchev–Trinajstić information content (AvgIpc) is 3.97. The summed E-state index contributed by atoms with van der Waals surface area (Å²) in [6, 6.07) is 63.3. The lowest BCUT2D eigenvalue weighted by atomic mass is 9.92. The van der Waals surface area contributed by atoms with Crippen LogP contribution < -0.4 is 4.90 Å². The highest BCUT2D eigenvalue weighted by molar-refractivity contribution is 6.22. The Morgan fingerprint density at radius 3 is 1.71 bits per heavy atom. The predicted molar refractivity (Wildman–Crippen MR) is 229 cm³/mol. The fourth-order valence-electron chi connectivity index (χ4n) is 8.47. The van der Waals surface area contributed by atoms with E-state index in [0.717, 1.165) is 110 Å². The standard InChI is InChI=1S/C51H30N2O3/c1-3-11-31(12-4-1)41-27-33-19-25-44-50(56-51(52-44)32-13-5-2-6-14-32)49(33)43-29-34(20-23-37(41)43)53(35-22-26-47-42(28-35)39-16-8-10-18-46(39)54-47)36-21-24-40-38-15-7-9-17-45(38)55-48(40)30-36/h1-30H. The molecule has 262 valence electrons. The van der Waals surface area contributed by atoms with Crippen molar-refractivity contribution in [3.8, 4) is 22.6 Å². The molecule has 3 aromatic heterocycles. The van der Waals surface area contributed by atoms with Crippen LogP contribution in [0, 0.1) is 0 Å². The molecule has 5 nitrogen and oxygen atoms in total. The Morgan fingerprint density at radius 2 is 0.946 bits per heavy atom. The number of furan rings is 2. The van der Waals surface area contributed by atoms with Gasteiger partial charge in [0.1, 0.15) is 27.8 Å². The van der Waals surface area contributed by atoms with E-state index >= 15 is 0 Å². The molecule has 0 bridgehead atoms. The Kier molecular flexibility index (Phi) is 6.56. The Bertz CT molecular complexity index is 3490. The van der Waals surface area contributed by atoms with E-state index in [-0.39, 0.29) is 0 Å². The van der Waals surface area contributed by atoms with Crippen molar-refractivity contribution in [1.82, 2.24) is 4.98 Å². The number of aromatic nitrogens is 1. The lowest BCUT2D eigenvalue weighted by Crippen LogP contribution is -2.10. The van der Waals surface area contributed by atoms with Crippen molar-refractivity contribution in [2.75, 3.05) is 4.90 Å². The van der Waals surface area contributed by atoms with Gasteiger partial charge < -0.3 is 18.2 Å². The molecule has 0 unspecified atom stereocenters. The fourth-order valence-corrected chi connectivity index (χ4v) is 8.47. The number of fused-ring (bicyclic) bond motifs is 11. The third-order valence-corrected chi connectivity index (χ3v) is 11.1. The number of hydrogen-bond donors (Lipinski definition) is 0. The summed E-state index contributed by atoms with van der Waals surface area (Å²) in [6.07, 6.45) is 0.